The van der Waals surface area contributed by atoms with E-state index in [4.69, 9.17) is 9.26 Å². The van der Waals surface area contributed by atoms with Crippen molar-refractivity contribution in [1.82, 2.24) is 10.1 Å². The standard InChI is InChI=1S/C16H26N2O3/c1-5-11-8-7-9-12(10-11)13-17-14(21-18-13)16(3,4)15(19)20-6-2/h11-12H,5-10H2,1-4H3. The molecule has 0 radical (unpaired) electrons. The third-order valence-electron chi connectivity index (χ3n) is 4.49. The summed E-state index contributed by atoms with van der Waals surface area (Å²) in [6, 6.07) is 0. The summed E-state index contributed by atoms with van der Waals surface area (Å²) in [6.45, 7) is 7.90. The molecule has 118 valence electrons. The van der Waals surface area contributed by atoms with Gasteiger partial charge in [0.05, 0.1) is 6.61 Å². The molecule has 21 heavy (non-hydrogen) atoms. The van der Waals surface area contributed by atoms with Gasteiger partial charge in [0, 0.05) is 5.92 Å². The van der Waals surface area contributed by atoms with E-state index in [-0.39, 0.29) is 5.97 Å². The number of rotatable bonds is 5. The molecule has 0 saturated heterocycles. The Balaban J connectivity index is 2.12. The minimum Gasteiger partial charge on any atom is -0.465 e. The lowest BCUT2D eigenvalue weighted by Crippen LogP contribution is -2.31. The zero-order chi connectivity index (χ0) is 15.5. The van der Waals surface area contributed by atoms with E-state index < -0.39 is 5.41 Å². The van der Waals surface area contributed by atoms with E-state index in [0.29, 0.717) is 18.4 Å². The predicted octanol–water partition coefficient (Wildman–Crippen LogP) is 3.59. The number of nitrogens with zero attached hydrogens (tertiary/aromatic N) is 2. The Labute approximate surface area is 126 Å². The number of esters is 1. The summed E-state index contributed by atoms with van der Waals surface area (Å²) in [5.41, 5.74) is -0.889. The molecular formula is C16H26N2O3. The summed E-state index contributed by atoms with van der Waals surface area (Å²) in [4.78, 5) is 16.5. The van der Waals surface area contributed by atoms with Gasteiger partial charge in [0.2, 0.25) is 5.89 Å². The van der Waals surface area contributed by atoms with Gasteiger partial charge in [-0.2, -0.15) is 4.98 Å². The minimum absolute atomic E-state index is 0.324. The quantitative estimate of drug-likeness (QED) is 0.776. The molecule has 0 aliphatic heterocycles. The molecule has 2 rings (SSSR count). The molecule has 1 heterocycles. The highest BCUT2D eigenvalue weighted by Gasteiger charge is 2.38. The monoisotopic (exact) mass is 294 g/mol. The highest BCUT2D eigenvalue weighted by molar-refractivity contribution is 5.80. The van der Waals surface area contributed by atoms with Gasteiger partial charge in [0.15, 0.2) is 5.82 Å². The Bertz CT molecular complexity index is 482. The molecule has 0 spiro atoms. The Morgan fingerprint density at radius 1 is 1.38 bits per heavy atom. The van der Waals surface area contributed by atoms with Crippen molar-refractivity contribution in [2.45, 2.75) is 71.1 Å². The normalized spacial score (nSPS) is 23.0. The van der Waals surface area contributed by atoms with Crippen molar-refractivity contribution >= 4 is 5.97 Å². The van der Waals surface area contributed by atoms with Crippen LogP contribution in [0.3, 0.4) is 0 Å². The number of hydrogen-bond acceptors (Lipinski definition) is 5. The second-order valence-electron chi connectivity index (χ2n) is 6.44. The molecule has 0 bridgehead atoms. The summed E-state index contributed by atoms with van der Waals surface area (Å²) < 4.78 is 10.4. The first-order valence-corrected chi connectivity index (χ1v) is 8.00. The molecule has 1 aliphatic carbocycles. The third kappa shape index (κ3) is 3.44. The maximum absolute atomic E-state index is 12.0. The van der Waals surface area contributed by atoms with Gasteiger partial charge in [-0.05, 0) is 39.5 Å². The summed E-state index contributed by atoms with van der Waals surface area (Å²) in [5.74, 6) is 1.90. The van der Waals surface area contributed by atoms with Crippen molar-refractivity contribution in [3.8, 4) is 0 Å². The van der Waals surface area contributed by atoms with E-state index in [9.17, 15) is 4.79 Å². The first-order valence-electron chi connectivity index (χ1n) is 8.00. The predicted molar refractivity (Wildman–Crippen MR) is 78.9 cm³/mol. The molecule has 0 aromatic carbocycles. The summed E-state index contributed by atoms with van der Waals surface area (Å²) in [7, 11) is 0. The molecule has 1 fully saturated rings. The van der Waals surface area contributed by atoms with Gasteiger partial charge in [-0.3, -0.25) is 4.79 Å². The van der Waals surface area contributed by atoms with Gasteiger partial charge >= 0.3 is 5.97 Å². The van der Waals surface area contributed by atoms with E-state index >= 15 is 0 Å². The van der Waals surface area contributed by atoms with Crippen molar-refractivity contribution < 1.29 is 14.1 Å². The Morgan fingerprint density at radius 3 is 2.81 bits per heavy atom. The van der Waals surface area contributed by atoms with Crippen molar-refractivity contribution in [3.05, 3.63) is 11.7 Å². The first-order chi connectivity index (χ1) is 9.98. The van der Waals surface area contributed by atoms with E-state index in [1.54, 1.807) is 20.8 Å². The van der Waals surface area contributed by atoms with Crippen LogP contribution in [0.25, 0.3) is 0 Å². The smallest absolute Gasteiger partial charge is 0.321 e. The van der Waals surface area contributed by atoms with Crippen LogP contribution >= 0.6 is 0 Å². The maximum Gasteiger partial charge on any atom is 0.321 e. The SMILES string of the molecule is CCOC(=O)C(C)(C)c1nc(C2CCCC(CC)C2)no1. The van der Waals surface area contributed by atoms with Gasteiger partial charge in [-0.15, -0.1) is 0 Å². The summed E-state index contributed by atoms with van der Waals surface area (Å²) in [5, 5.41) is 4.12. The zero-order valence-electron chi connectivity index (χ0n) is 13.5. The lowest BCUT2D eigenvalue weighted by Gasteiger charge is -2.26. The van der Waals surface area contributed by atoms with Crippen LogP contribution in [0.4, 0.5) is 0 Å². The lowest BCUT2D eigenvalue weighted by molar-refractivity contribution is -0.149. The van der Waals surface area contributed by atoms with Crippen molar-refractivity contribution in [3.63, 3.8) is 0 Å². The Hall–Kier alpha value is -1.39. The van der Waals surface area contributed by atoms with E-state index in [1.165, 1.54) is 19.3 Å². The second kappa shape index (κ2) is 6.58. The van der Waals surface area contributed by atoms with E-state index in [1.807, 2.05) is 0 Å². The van der Waals surface area contributed by atoms with Crippen LogP contribution in [0.5, 0.6) is 0 Å². The number of aromatic nitrogens is 2. The molecule has 1 aromatic rings. The molecule has 1 saturated carbocycles. The molecule has 2 atom stereocenters. The van der Waals surface area contributed by atoms with E-state index in [0.717, 1.165) is 24.6 Å². The van der Waals surface area contributed by atoms with Crippen molar-refractivity contribution in [2.75, 3.05) is 6.61 Å². The van der Waals surface area contributed by atoms with Gasteiger partial charge in [-0.1, -0.05) is 31.3 Å². The van der Waals surface area contributed by atoms with Gasteiger partial charge in [0.25, 0.3) is 0 Å². The van der Waals surface area contributed by atoms with Crippen LogP contribution in [0.2, 0.25) is 0 Å². The van der Waals surface area contributed by atoms with Crippen LogP contribution in [0.1, 0.15) is 77.4 Å². The fourth-order valence-corrected chi connectivity index (χ4v) is 2.95. The topological polar surface area (TPSA) is 65.2 Å². The first kappa shape index (κ1) is 16.0. The average molecular weight is 294 g/mol. The fraction of sp³-hybridized carbons (Fsp3) is 0.812. The average Bonchev–Trinajstić information content (AvgIpc) is 2.98. The highest BCUT2D eigenvalue weighted by atomic mass is 16.5. The van der Waals surface area contributed by atoms with Crippen molar-refractivity contribution in [1.29, 1.82) is 0 Å². The second-order valence-corrected chi connectivity index (χ2v) is 6.44. The van der Waals surface area contributed by atoms with Crippen LogP contribution in [-0.4, -0.2) is 22.7 Å². The van der Waals surface area contributed by atoms with Gasteiger partial charge in [-0.25, -0.2) is 0 Å². The number of ether oxygens (including phenoxy) is 1. The number of carbonyl (C=O) groups is 1. The number of hydrogen-bond donors (Lipinski definition) is 0. The van der Waals surface area contributed by atoms with Crippen molar-refractivity contribution in [2.24, 2.45) is 5.92 Å². The molecule has 2 unspecified atom stereocenters. The van der Waals surface area contributed by atoms with Crippen LogP contribution in [0.15, 0.2) is 4.52 Å². The Kier molecular flexibility index (Phi) is 5.01. The van der Waals surface area contributed by atoms with Gasteiger partial charge in [0.1, 0.15) is 5.41 Å². The summed E-state index contributed by atoms with van der Waals surface area (Å²) >= 11 is 0. The Morgan fingerprint density at radius 2 is 2.14 bits per heavy atom. The van der Waals surface area contributed by atoms with Crippen LogP contribution in [0, 0.1) is 5.92 Å². The number of carbonyl (C=O) groups excluding carboxylic acids is 1. The van der Waals surface area contributed by atoms with E-state index in [2.05, 4.69) is 17.1 Å². The largest absolute Gasteiger partial charge is 0.465 e. The lowest BCUT2D eigenvalue weighted by atomic mass is 9.80. The van der Waals surface area contributed by atoms with Gasteiger partial charge < -0.3 is 9.26 Å². The minimum atomic E-state index is -0.889. The third-order valence-corrected chi connectivity index (χ3v) is 4.49. The zero-order valence-corrected chi connectivity index (χ0v) is 13.5. The molecular weight excluding hydrogens is 268 g/mol. The molecule has 5 heteroatoms. The van der Waals surface area contributed by atoms with Crippen LogP contribution in [-0.2, 0) is 14.9 Å². The molecule has 5 nitrogen and oxygen atoms in total. The fourth-order valence-electron chi connectivity index (χ4n) is 2.95. The highest BCUT2D eigenvalue weighted by Crippen LogP contribution is 2.37. The molecule has 1 aromatic heterocycles. The molecule has 0 N–H and O–H groups in total. The van der Waals surface area contributed by atoms with Crippen LogP contribution < -0.4 is 0 Å². The maximum atomic E-state index is 12.0. The summed E-state index contributed by atoms with van der Waals surface area (Å²) in [6.07, 6.45) is 5.94. The molecule has 0 amide bonds. The molecule has 1 aliphatic rings.